The molecule has 23 heavy (non-hydrogen) atoms. The van der Waals surface area contributed by atoms with Crippen molar-refractivity contribution < 1.29 is 19.0 Å². The third-order valence-corrected chi connectivity index (χ3v) is 4.81. The number of hydrogen-bond acceptors (Lipinski definition) is 4. The van der Waals surface area contributed by atoms with Crippen LogP contribution in [0.3, 0.4) is 0 Å². The molecule has 2 N–H and O–H groups in total. The van der Waals surface area contributed by atoms with Gasteiger partial charge in [0, 0.05) is 29.3 Å². The first-order valence-electron chi connectivity index (χ1n) is 7.59. The van der Waals surface area contributed by atoms with Crippen LogP contribution in [0.25, 0.3) is 10.1 Å². The highest BCUT2D eigenvalue weighted by atomic mass is 32.1. The molecule has 1 aromatic heterocycles. The Morgan fingerprint density at radius 3 is 2.83 bits per heavy atom. The number of ether oxygens (including phenoxy) is 1. The van der Waals surface area contributed by atoms with E-state index in [1.54, 1.807) is 19.1 Å². The summed E-state index contributed by atoms with van der Waals surface area (Å²) in [5.41, 5.74) is 0.589. The second kappa shape index (κ2) is 7.86. The Morgan fingerprint density at radius 1 is 1.43 bits per heavy atom. The molecule has 0 aliphatic carbocycles. The van der Waals surface area contributed by atoms with E-state index < -0.39 is 6.10 Å². The highest BCUT2D eigenvalue weighted by Gasteiger charge is 2.21. The Morgan fingerprint density at radius 2 is 2.17 bits per heavy atom. The van der Waals surface area contributed by atoms with Crippen LogP contribution >= 0.6 is 11.3 Å². The summed E-state index contributed by atoms with van der Waals surface area (Å²) in [6.07, 6.45) is 0.219. The predicted molar refractivity (Wildman–Crippen MR) is 90.3 cm³/mol. The van der Waals surface area contributed by atoms with E-state index in [9.17, 15) is 14.3 Å². The summed E-state index contributed by atoms with van der Waals surface area (Å²) >= 11 is 1.27. The van der Waals surface area contributed by atoms with Crippen LogP contribution in [0.15, 0.2) is 18.2 Å². The third kappa shape index (κ3) is 4.28. The SMILES string of the molecule is COCc1c(C(=O)NC[C@@H](C)C[C@@H](C)O)sc2cccc(F)c12. The average molecular weight is 339 g/mol. The van der Waals surface area contributed by atoms with E-state index in [1.165, 1.54) is 24.5 Å². The molecule has 4 nitrogen and oxygen atoms in total. The largest absolute Gasteiger partial charge is 0.393 e. The van der Waals surface area contributed by atoms with Gasteiger partial charge in [-0.3, -0.25) is 4.79 Å². The first-order chi connectivity index (χ1) is 10.9. The van der Waals surface area contributed by atoms with E-state index in [0.717, 1.165) is 4.70 Å². The van der Waals surface area contributed by atoms with Gasteiger partial charge < -0.3 is 15.2 Å². The standard InChI is InChI=1S/C17H22FNO3S/c1-10(7-11(2)20)8-19-17(21)16-12(9-22-3)15-13(18)5-4-6-14(15)23-16/h4-6,10-11,20H,7-9H2,1-3H3,(H,19,21)/t10-,11+/m0/s1. The van der Waals surface area contributed by atoms with Crippen molar-refractivity contribution in [2.75, 3.05) is 13.7 Å². The monoisotopic (exact) mass is 339 g/mol. The maximum atomic E-state index is 14.1. The summed E-state index contributed by atoms with van der Waals surface area (Å²) in [5, 5.41) is 12.7. The van der Waals surface area contributed by atoms with Crippen molar-refractivity contribution in [3.05, 3.63) is 34.5 Å². The van der Waals surface area contributed by atoms with Crippen molar-refractivity contribution in [3.63, 3.8) is 0 Å². The lowest BCUT2D eigenvalue weighted by molar-refractivity contribution is 0.0939. The van der Waals surface area contributed by atoms with E-state index >= 15 is 0 Å². The highest BCUT2D eigenvalue weighted by molar-refractivity contribution is 7.21. The van der Waals surface area contributed by atoms with Gasteiger partial charge in [-0.05, 0) is 31.4 Å². The molecule has 0 aliphatic heterocycles. The number of halogens is 1. The molecule has 2 aromatic rings. The number of aliphatic hydroxyl groups excluding tert-OH is 1. The second-order valence-corrected chi connectivity index (χ2v) is 6.91. The minimum absolute atomic E-state index is 0.163. The molecule has 6 heteroatoms. The minimum Gasteiger partial charge on any atom is -0.393 e. The molecule has 126 valence electrons. The fourth-order valence-corrected chi connectivity index (χ4v) is 3.78. The van der Waals surface area contributed by atoms with Crippen molar-refractivity contribution in [2.24, 2.45) is 5.92 Å². The lowest BCUT2D eigenvalue weighted by Gasteiger charge is -2.14. The van der Waals surface area contributed by atoms with Crippen LogP contribution < -0.4 is 5.32 Å². The van der Waals surface area contributed by atoms with Crippen molar-refractivity contribution in [1.82, 2.24) is 5.32 Å². The summed E-state index contributed by atoms with van der Waals surface area (Å²) in [6, 6.07) is 4.83. The normalized spacial score (nSPS) is 14.0. The maximum absolute atomic E-state index is 14.1. The minimum atomic E-state index is -0.399. The topological polar surface area (TPSA) is 58.6 Å². The summed E-state index contributed by atoms with van der Waals surface area (Å²) in [5.74, 6) is -0.404. The van der Waals surface area contributed by atoms with Crippen LogP contribution in [0.4, 0.5) is 4.39 Å². The van der Waals surface area contributed by atoms with Gasteiger partial charge >= 0.3 is 0 Å². The van der Waals surface area contributed by atoms with Gasteiger partial charge in [0.05, 0.1) is 17.6 Å². The second-order valence-electron chi connectivity index (χ2n) is 5.86. The number of carbonyl (C=O) groups is 1. The highest BCUT2D eigenvalue weighted by Crippen LogP contribution is 2.33. The number of carbonyl (C=O) groups excluding carboxylic acids is 1. The fraction of sp³-hybridized carbons (Fsp3) is 0.471. The van der Waals surface area contributed by atoms with Gasteiger partial charge in [-0.25, -0.2) is 4.39 Å². The van der Waals surface area contributed by atoms with Crippen LogP contribution in [-0.2, 0) is 11.3 Å². The van der Waals surface area contributed by atoms with Gasteiger partial charge in [0.2, 0.25) is 0 Å². The molecule has 1 amide bonds. The van der Waals surface area contributed by atoms with E-state index in [1.807, 2.05) is 6.92 Å². The van der Waals surface area contributed by atoms with Crippen molar-refractivity contribution >= 4 is 27.3 Å². The quantitative estimate of drug-likeness (QED) is 0.813. The Hall–Kier alpha value is -1.50. The Labute approximate surface area is 139 Å². The number of methoxy groups -OCH3 is 1. The van der Waals surface area contributed by atoms with Crippen LogP contribution in [0, 0.1) is 11.7 Å². The van der Waals surface area contributed by atoms with Crippen LogP contribution in [0.1, 0.15) is 35.5 Å². The molecular weight excluding hydrogens is 317 g/mol. The molecule has 0 bridgehead atoms. The number of amides is 1. The Kier molecular flexibility index (Phi) is 6.10. The molecule has 2 atom stereocenters. The Balaban J connectivity index is 2.23. The van der Waals surface area contributed by atoms with Gasteiger partial charge in [-0.15, -0.1) is 11.3 Å². The van der Waals surface area contributed by atoms with Crippen molar-refractivity contribution in [3.8, 4) is 0 Å². The number of nitrogens with one attached hydrogen (secondary N) is 1. The van der Waals surface area contributed by atoms with Gasteiger partial charge in [0.15, 0.2) is 0 Å². The zero-order valence-electron chi connectivity index (χ0n) is 13.6. The number of rotatable bonds is 7. The van der Waals surface area contributed by atoms with Crippen LogP contribution in [0.2, 0.25) is 0 Å². The summed E-state index contributed by atoms with van der Waals surface area (Å²) in [7, 11) is 1.52. The van der Waals surface area contributed by atoms with Gasteiger partial charge in [0.25, 0.3) is 5.91 Å². The van der Waals surface area contributed by atoms with E-state index in [0.29, 0.717) is 28.8 Å². The molecule has 0 aliphatic rings. The molecule has 1 aromatic carbocycles. The number of hydrogen-bond donors (Lipinski definition) is 2. The van der Waals surface area contributed by atoms with Gasteiger partial charge in [-0.2, -0.15) is 0 Å². The van der Waals surface area contributed by atoms with Crippen LogP contribution in [0.5, 0.6) is 0 Å². The summed E-state index contributed by atoms with van der Waals surface area (Å²) < 4.78 is 20.0. The number of benzene rings is 1. The smallest absolute Gasteiger partial charge is 0.261 e. The van der Waals surface area contributed by atoms with E-state index in [4.69, 9.17) is 4.74 Å². The number of thiophene rings is 1. The third-order valence-electron chi connectivity index (χ3n) is 3.61. The molecule has 0 saturated carbocycles. The summed E-state index contributed by atoms with van der Waals surface area (Å²) in [6.45, 7) is 4.34. The predicted octanol–water partition coefficient (Wildman–Crippen LogP) is 3.32. The zero-order valence-corrected chi connectivity index (χ0v) is 14.4. The maximum Gasteiger partial charge on any atom is 0.261 e. The van der Waals surface area contributed by atoms with E-state index in [2.05, 4.69) is 5.32 Å². The van der Waals surface area contributed by atoms with Gasteiger partial charge in [0.1, 0.15) is 5.82 Å². The number of aliphatic hydroxyl groups is 1. The molecular formula is C17H22FNO3S. The number of fused-ring (bicyclic) bond motifs is 1. The molecule has 0 unspecified atom stereocenters. The molecule has 0 spiro atoms. The lowest BCUT2D eigenvalue weighted by atomic mass is 10.0. The average Bonchev–Trinajstić information content (AvgIpc) is 2.85. The first-order valence-corrected chi connectivity index (χ1v) is 8.40. The molecule has 0 fully saturated rings. The van der Waals surface area contributed by atoms with Gasteiger partial charge in [-0.1, -0.05) is 13.0 Å². The lowest BCUT2D eigenvalue weighted by Crippen LogP contribution is -2.29. The summed E-state index contributed by atoms with van der Waals surface area (Å²) in [4.78, 5) is 13.0. The Bertz CT molecular complexity index is 684. The molecule has 0 saturated heterocycles. The molecule has 0 radical (unpaired) electrons. The van der Waals surface area contributed by atoms with Crippen molar-refractivity contribution in [2.45, 2.75) is 33.0 Å². The van der Waals surface area contributed by atoms with E-state index in [-0.39, 0.29) is 24.2 Å². The molecule has 1 heterocycles. The molecule has 2 rings (SSSR count). The van der Waals surface area contributed by atoms with Crippen molar-refractivity contribution in [1.29, 1.82) is 0 Å². The zero-order chi connectivity index (χ0) is 17.0. The van der Waals surface area contributed by atoms with Crippen LogP contribution in [-0.4, -0.2) is 30.8 Å². The first kappa shape index (κ1) is 17.8. The fourth-order valence-electron chi connectivity index (χ4n) is 2.65.